The Morgan fingerprint density at radius 3 is 2.77 bits per heavy atom. The summed E-state index contributed by atoms with van der Waals surface area (Å²) >= 11 is 0. The van der Waals surface area contributed by atoms with Gasteiger partial charge in [-0.15, -0.1) is 0 Å². The number of aromatic amines is 1. The molecule has 0 spiro atoms. The minimum atomic E-state index is -0.808. The van der Waals surface area contributed by atoms with Crippen LogP contribution < -0.4 is 0 Å². The van der Waals surface area contributed by atoms with E-state index in [4.69, 9.17) is 5.11 Å². The van der Waals surface area contributed by atoms with E-state index in [1.165, 1.54) is 4.90 Å². The van der Waals surface area contributed by atoms with Crippen LogP contribution >= 0.6 is 0 Å². The maximum absolute atomic E-state index is 12.5. The Morgan fingerprint density at radius 2 is 2.08 bits per heavy atom. The summed E-state index contributed by atoms with van der Waals surface area (Å²) < 4.78 is 0. The Balaban J connectivity index is 1.54. The fourth-order valence-corrected chi connectivity index (χ4v) is 3.22. The fraction of sp³-hybridized carbons (Fsp3) is 0.444. The topological polar surface area (TPSA) is 107 Å². The predicted molar refractivity (Wildman–Crippen MR) is 94.4 cm³/mol. The summed E-state index contributed by atoms with van der Waals surface area (Å²) in [6, 6.07) is 3.72. The number of carboxylic acid groups (broad SMARTS) is 1. The molecule has 1 aliphatic rings. The van der Waals surface area contributed by atoms with Crippen molar-refractivity contribution in [2.75, 3.05) is 26.7 Å². The van der Waals surface area contributed by atoms with Crippen LogP contribution in [0.1, 0.15) is 18.4 Å². The van der Waals surface area contributed by atoms with Crippen LogP contribution in [-0.2, 0) is 20.8 Å². The molecule has 138 valence electrons. The zero-order chi connectivity index (χ0) is 18.7. The monoisotopic (exact) mass is 358 g/mol. The van der Waals surface area contributed by atoms with Gasteiger partial charge in [-0.2, -0.15) is 0 Å². The molecule has 0 unspecified atom stereocenters. The number of nitrogens with one attached hydrogen (secondary N) is 1. The number of hydrogen-bond donors (Lipinski definition) is 2. The van der Waals surface area contributed by atoms with Crippen LogP contribution in [-0.4, -0.2) is 69.3 Å². The first-order chi connectivity index (χ1) is 12.5. The largest absolute Gasteiger partial charge is 0.481 e. The number of piperidine rings is 1. The summed E-state index contributed by atoms with van der Waals surface area (Å²) in [7, 11) is 1.61. The number of carbonyl (C=O) groups excluding carboxylic acids is 2. The first-order valence-corrected chi connectivity index (χ1v) is 8.61. The van der Waals surface area contributed by atoms with Crippen molar-refractivity contribution >= 4 is 28.8 Å². The number of aromatic nitrogens is 2. The van der Waals surface area contributed by atoms with E-state index < -0.39 is 5.97 Å². The van der Waals surface area contributed by atoms with Crippen LogP contribution in [0.25, 0.3) is 11.0 Å². The van der Waals surface area contributed by atoms with Crippen molar-refractivity contribution in [3.8, 4) is 0 Å². The molecule has 1 aliphatic heterocycles. The van der Waals surface area contributed by atoms with Gasteiger partial charge in [0.05, 0.1) is 18.9 Å². The van der Waals surface area contributed by atoms with Gasteiger partial charge < -0.3 is 19.9 Å². The average Bonchev–Trinajstić information content (AvgIpc) is 3.04. The zero-order valence-corrected chi connectivity index (χ0v) is 14.6. The fourth-order valence-electron chi connectivity index (χ4n) is 3.22. The number of carboxylic acids is 1. The third-order valence-electron chi connectivity index (χ3n) is 4.87. The van der Waals surface area contributed by atoms with Gasteiger partial charge in [-0.25, -0.2) is 4.98 Å². The minimum Gasteiger partial charge on any atom is -0.481 e. The molecule has 0 atom stereocenters. The second-order valence-electron chi connectivity index (χ2n) is 6.63. The summed E-state index contributed by atoms with van der Waals surface area (Å²) in [5, 5.41) is 9.91. The van der Waals surface area contributed by atoms with E-state index in [9.17, 15) is 14.4 Å². The molecule has 2 aromatic heterocycles. The van der Waals surface area contributed by atoms with Crippen molar-refractivity contribution in [3.05, 3.63) is 30.1 Å². The molecule has 1 saturated heterocycles. The molecule has 1 fully saturated rings. The highest BCUT2D eigenvalue weighted by Gasteiger charge is 2.28. The number of fused-ring (bicyclic) bond motifs is 1. The lowest BCUT2D eigenvalue weighted by Crippen LogP contribution is -2.45. The highest BCUT2D eigenvalue weighted by molar-refractivity contribution is 5.89. The number of rotatable bonds is 5. The van der Waals surface area contributed by atoms with Crippen LogP contribution in [0.2, 0.25) is 0 Å². The standard InChI is InChI=1S/C18H22N4O4/c1-21(11-16(24)22-7-4-12(5-8-22)18(25)26)15(23)9-13-10-20-17-14(13)3-2-6-19-17/h2-3,6,10,12H,4-5,7-9,11H2,1H3,(H,19,20)(H,25,26). The number of carbonyl (C=O) groups is 3. The van der Waals surface area contributed by atoms with Gasteiger partial charge in [-0.3, -0.25) is 14.4 Å². The van der Waals surface area contributed by atoms with Gasteiger partial charge in [-0.05, 0) is 30.5 Å². The maximum Gasteiger partial charge on any atom is 0.306 e. The van der Waals surface area contributed by atoms with Gasteiger partial charge in [-0.1, -0.05) is 0 Å². The molecule has 0 bridgehead atoms. The second-order valence-corrected chi connectivity index (χ2v) is 6.63. The van der Waals surface area contributed by atoms with Gasteiger partial charge in [0, 0.05) is 37.9 Å². The van der Waals surface area contributed by atoms with Gasteiger partial charge >= 0.3 is 5.97 Å². The molecule has 0 aromatic carbocycles. The number of amides is 2. The Bertz CT molecular complexity index is 823. The highest BCUT2D eigenvalue weighted by atomic mass is 16.4. The van der Waals surface area contributed by atoms with E-state index in [1.807, 2.05) is 12.1 Å². The Kier molecular flexibility index (Phi) is 5.20. The SMILES string of the molecule is CN(CC(=O)N1CCC(C(=O)O)CC1)C(=O)Cc1c[nH]c2ncccc12. The first kappa shape index (κ1) is 17.9. The normalized spacial score (nSPS) is 15.2. The van der Waals surface area contributed by atoms with Gasteiger partial charge in [0.1, 0.15) is 5.65 Å². The van der Waals surface area contributed by atoms with Crippen molar-refractivity contribution in [2.45, 2.75) is 19.3 Å². The molecule has 0 aliphatic carbocycles. The Hall–Kier alpha value is -2.90. The number of aliphatic carboxylic acids is 1. The number of nitrogens with zero attached hydrogens (tertiary/aromatic N) is 3. The summed E-state index contributed by atoms with van der Waals surface area (Å²) in [4.78, 5) is 46.1. The summed E-state index contributed by atoms with van der Waals surface area (Å²) in [5.41, 5.74) is 1.58. The van der Waals surface area contributed by atoms with Crippen molar-refractivity contribution in [1.29, 1.82) is 0 Å². The molecule has 3 heterocycles. The average molecular weight is 358 g/mol. The molecule has 26 heavy (non-hydrogen) atoms. The number of H-pyrrole nitrogens is 1. The zero-order valence-electron chi connectivity index (χ0n) is 14.6. The molecule has 8 nitrogen and oxygen atoms in total. The van der Waals surface area contributed by atoms with E-state index in [0.29, 0.717) is 25.9 Å². The number of pyridine rings is 1. The number of likely N-dealkylation sites (tertiary alicyclic amines) is 1. The summed E-state index contributed by atoms with van der Waals surface area (Å²) in [6.45, 7) is 0.842. The van der Waals surface area contributed by atoms with Gasteiger partial charge in [0.2, 0.25) is 11.8 Å². The molecule has 0 radical (unpaired) electrons. The molecule has 3 rings (SSSR count). The summed E-state index contributed by atoms with van der Waals surface area (Å²) in [6.07, 6.45) is 4.56. The molecule has 0 saturated carbocycles. The highest BCUT2D eigenvalue weighted by Crippen LogP contribution is 2.18. The number of likely N-dealkylation sites (N-methyl/N-ethyl adjacent to an activating group) is 1. The molecular formula is C18H22N4O4. The van der Waals surface area contributed by atoms with Crippen LogP contribution in [0.4, 0.5) is 0 Å². The van der Waals surface area contributed by atoms with E-state index >= 15 is 0 Å². The van der Waals surface area contributed by atoms with Crippen molar-refractivity contribution in [2.24, 2.45) is 5.92 Å². The molecule has 2 amide bonds. The first-order valence-electron chi connectivity index (χ1n) is 8.61. The minimum absolute atomic E-state index is 0.00280. The third kappa shape index (κ3) is 3.84. The molecular weight excluding hydrogens is 336 g/mol. The smallest absolute Gasteiger partial charge is 0.306 e. The molecule has 2 aromatic rings. The van der Waals surface area contributed by atoms with E-state index in [2.05, 4.69) is 9.97 Å². The van der Waals surface area contributed by atoms with E-state index in [1.54, 1.807) is 24.3 Å². The molecule has 2 N–H and O–H groups in total. The summed E-state index contributed by atoms with van der Waals surface area (Å²) in [5.74, 6) is -1.49. The van der Waals surface area contributed by atoms with E-state index in [-0.39, 0.29) is 30.7 Å². The van der Waals surface area contributed by atoms with Gasteiger partial charge in [0.15, 0.2) is 0 Å². The van der Waals surface area contributed by atoms with Crippen molar-refractivity contribution in [3.63, 3.8) is 0 Å². The lowest BCUT2D eigenvalue weighted by molar-refractivity contribution is -0.146. The Morgan fingerprint density at radius 1 is 1.35 bits per heavy atom. The third-order valence-corrected chi connectivity index (χ3v) is 4.87. The van der Waals surface area contributed by atoms with Gasteiger partial charge in [0.25, 0.3) is 0 Å². The van der Waals surface area contributed by atoms with Crippen molar-refractivity contribution in [1.82, 2.24) is 19.8 Å². The van der Waals surface area contributed by atoms with Crippen molar-refractivity contribution < 1.29 is 19.5 Å². The lowest BCUT2D eigenvalue weighted by Gasteiger charge is -2.31. The molecule has 8 heteroatoms. The maximum atomic E-state index is 12.5. The van der Waals surface area contributed by atoms with Crippen LogP contribution in [0.3, 0.4) is 0 Å². The van der Waals surface area contributed by atoms with E-state index in [0.717, 1.165) is 16.6 Å². The second kappa shape index (κ2) is 7.55. The predicted octanol–water partition coefficient (Wildman–Crippen LogP) is 0.887. The quantitative estimate of drug-likeness (QED) is 0.825. The van der Waals surface area contributed by atoms with Crippen LogP contribution in [0.15, 0.2) is 24.5 Å². The van der Waals surface area contributed by atoms with Crippen LogP contribution in [0, 0.1) is 5.92 Å². The van der Waals surface area contributed by atoms with Crippen LogP contribution in [0.5, 0.6) is 0 Å². The lowest BCUT2D eigenvalue weighted by atomic mass is 9.97. The number of hydrogen-bond acceptors (Lipinski definition) is 4. The Labute approximate surface area is 150 Å².